The number of benzene rings is 1. The fourth-order valence-electron chi connectivity index (χ4n) is 1.83. The molecule has 0 aliphatic rings. The Labute approximate surface area is 111 Å². The fraction of sp³-hybridized carbons (Fsp3) is 0.200. The first-order valence-corrected chi connectivity index (χ1v) is 6.08. The molecule has 19 heavy (non-hydrogen) atoms. The number of nitrogens with zero attached hydrogens (tertiary/aromatic N) is 1. The third kappa shape index (κ3) is 2.91. The fourth-order valence-corrected chi connectivity index (χ4v) is 1.83. The Morgan fingerprint density at radius 2 is 2.21 bits per heavy atom. The maximum absolute atomic E-state index is 11.2. The number of para-hydroxylation sites is 1. The van der Waals surface area contributed by atoms with Crippen molar-refractivity contribution >= 4 is 16.9 Å². The van der Waals surface area contributed by atoms with E-state index in [1.165, 1.54) is 6.20 Å². The molecule has 0 spiro atoms. The van der Waals surface area contributed by atoms with Gasteiger partial charge in [-0.05, 0) is 25.0 Å². The number of hydrogen-bond acceptors (Lipinski definition) is 3. The van der Waals surface area contributed by atoms with Crippen LogP contribution < -0.4 is 4.74 Å². The number of carboxylic acids is 1. The first kappa shape index (κ1) is 13.1. The van der Waals surface area contributed by atoms with Crippen LogP contribution in [-0.2, 0) is 0 Å². The summed E-state index contributed by atoms with van der Waals surface area (Å²) in [6, 6.07) is 7.35. The van der Waals surface area contributed by atoms with Crippen molar-refractivity contribution in [3.63, 3.8) is 0 Å². The van der Waals surface area contributed by atoms with Crippen molar-refractivity contribution in [1.82, 2.24) is 4.98 Å². The summed E-state index contributed by atoms with van der Waals surface area (Å²) in [6.45, 7) is 4.10. The minimum Gasteiger partial charge on any atom is -0.492 e. The first-order valence-electron chi connectivity index (χ1n) is 6.08. The highest BCUT2D eigenvalue weighted by Crippen LogP contribution is 2.28. The molecule has 2 aromatic rings. The van der Waals surface area contributed by atoms with Crippen molar-refractivity contribution in [2.45, 2.75) is 12.8 Å². The number of ether oxygens (including phenoxy) is 1. The molecule has 0 saturated heterocycles. The second kappa shape index (κ2) is 6.00. The van der Waals surface area contributed by atoms with Crippen LogP contribution >= 0.6 is 0 Å². The van der Waals surface area contributed by atoms with Crippen molar-refractivity contribution in [3.05, 3.63) is 48.7 Å². The highest BCUT2D eigenvalue weighted by atomic mass is 16.5. The SMILES string of the molecule is C=CCCCOc1c(C(=O)O)cnc2ccccc12. The van der Waals surface area contributed by atoms with Gasteiger partial charge in [-0.3, -0.25) is 4.98 Å². The second-order valence-electron chi connectivity index (χ2n) is 4.10. The number of pyridine rings is 1. The molecule has 0 atom stereocenters. The van der Waals surface area contributed by atoms with Gasteiger partial charge < -0.3 is 9.84 Å². The average molecular weight is 257 g/mol. The number of carboxylic acid groups (broad SMARTS) is 1. The molecule has 0 amide bonds. The van der Waals surface area contributed by atoms with E-state index in [1.807, 2.05) is 30.3 Å². The number of hydrogen-bond donors (Lipinski definition) is 1. The van der Waals surface area contributed by atoms with Gasteiger partial charge in [0.1, 0.15) is 11.3 Å². The molecule has 4 nitrogen and oxygen atoms in total. The minimum atomic E-state index is -1.03. The Kier molecular flexibility index (Phi) is 4.13. The molecule has 2 rings (SSSR count). The number of fused-ring (bicyclic) bond motifs is 1. The van der Waals surface area contributed by atoms with E-state index in [9.17, 15) is 9.90 Å². The second-order valence-corrected chi connectivity index (χ2v) is 4.10. The molecule has 0 saturated carbocycles. The zero-order valence-corrected chi connectivity index (χ0v) is 10.5. The van der Waals surface area contributed by atoms with Crippen LogP contribution in [0, 0.1) is 0 Å². The van der Waals surface area contributed by atoms with Gasteiger partial charge in [-0.25, -0.2) is 4.79 Å². The number of rotatable bonds is 6. The van der Waals surface area contributed by atoms with E-state index in [2.05, 4.69) is 11.6 Å². The van der Waals surface area contributed by atoms with Gasteiger partial charge >= 0.3 is 5.97 Å². The molecule has 98 valence electrons. The molecular weight excluding hydrogens is 242 g/mol. The third-order valence-electron chi connectivity index (χ3n) is 2.76. The van der Waals surface area contributed by atoms with Crippen LogP contribution in [0.1, 0.15) is 23.2 Å². The lowest BCUT2D eigenvalue weighted by Crippen LogP contribution is -2.06. The molecule has 1 heterocycles. The topological polar surface area (TPSA) is 59.4 Å². The number of allylic oxidation sites excluding steroid dienone is 1. The van der Waals surface area contributed by atoms with Crippen molar-refractivity contribution in [2.75, 3.05) is 6.61 Å². The largest absolute Gasteiger partial charge is 0.492 e. The molecule has 1 aromatic heterocycles. The van der Waals surface area contributed by atoms with Gasteiger partial charge in [0.05, 0.1) is 12.1 Å². The normalized spacial score (nSPS) is 10.3. The first-order chi connectivity index (χ1) is 9.24. The Balaban J connectivity index is 2.38. The quantitative estimate of drug-likeness (QED) is 0.637. The molecule has 0 aliphatic carbocycles. The molecule has 0 bridgehead atoms. The van der Waals surface area contributed by atoms with Crippen molar-refractivity contribution in [3.8, 4) is 5.75 Å². The van der Waals surface area contributed by atoms with Gasteiger partial charge in [-0.2, -0.15) is 0 Å². The molecule has 1 N–H and O–H groups in total. The van der Waals surface area contributed by atoms with Crippen LogP contribution in [0.2, 0.25) is 0 Å². The number of aromatic nitrogens is 1. The van der Waals surface area contributed by atoms with Gasteiger partial charge in [-0.15, -0.1) is 6.58 Å². The van der Waals surface area contributed by atoms with E-state index in [1.54, 1.807) is 0 Å². The van der Waals surface area contributed by atoms with E-state index in [0.717, 1.165) is 23.7 Å². The van der Waals surface area contributed by atoms with Crippen molar-refractivity contribution < 1.29 is 14.6 Å². The van der Waals surface area contributed by atoms with Crippen LogP contribution in [0.15, 0.2) is 43.1 Å². The van der Waals surface area contributed by atoms with E-state index in [0.29, 0.717) is 12.4 Å². The Morgan fingerprint density at radius 3 is 2.95 bits per heavy atom. The molecule has 1 aromatic carbocycles. The van der Waals surface area contributed by atoms with Crippen LogP contribution in [-0.4, -0.2) is 22.7 Å². The van der Waals surface area contributed by atoms with Crippen LogP contribution in [0.25, 0.3) is 10.9 Å². The van der Waals surface area contributed by atoms with Gasteiger partial charge in [0.2, 0.25) is 0 Å². The summed E-state index contributed by atoms with van der Waals surface area (Å²) in [5, 5.41) is 9.91. The summed E-state index contributed by atoms with van der Waals surface area (Å²) < 4.78 is 5.65. The smallest absolute Gasteiger partial charge is 0.341 e. The van der Waals surface area contributed by atoms with Gasteiger partial charge in [0.25, 0.3) is 0 Å². The monoisotopic (exact) mass is 257 g/mol. The molecule has 0 fully saturated rings. The molecule has 0 aliphatic heterocycles. The van der Waals surface area contributed by atoms with Crippen LogP contribution in [0.5, 0.6) is 5.75 Å². The zero-order chi connectivity index (χ0) is 13.7. The third-order valence-corrected chi connectivity index (χ3v) is 2.76. The Hall–Kier alpha value is -2.36. The predicted octanol–water partition coefficient (Wildman–Crippen LogP) is 3.28. The summed E-state index contributed by atoms with van der Waals surface area (Å²) in [4.78, 5) is 15.3. The van der Waals surface area contributed by atoms with Crippen LogP contribution in [0.4, 0.5) is 0 Å². The summed E-state index contributed by atoms with van der Waals surface area (Å²) in [6.07, 6.45) is 4.80. The standard InChI is InChI=1S/C15H15NO3/c1-2-3-6-9-19-14-11-7-4-5-8-13(11)16-10-12(14)15(17)18/h2,4-5,7-8,10H,1,3,6,9H2,(H,17,18). The van der Waals surface area contributed by atoms with E-state index in [4.69, 9.17) is 4.74 Å². The summed E-state index contributed by atoms with van der Waals surface area (Å²) >= 11 is 0. The molecular formula is C15H15NO3. The highest BCUT2D eigenvalue weighted by Gasteiger charge is 2.15. The molecule has 0 radical (unpaired) electrons. The number of unbranched alkanes of at least 4 members (excludes halogenated alkanes) is 1. The zero-order valence-electron chi connectivity index (χ0n) is 10.5. The maximum Gasteiger partial charge on any atom is 0.341 e. The lowest BCUT2D eigenvalue weighted by molar-refractivity contribution is 0.0692. The predicted molar refractivity (Wildman–Crippen MR) is 73.6 cm³/mol. The van der Waals surface area contributed by atoms with Gasteiger partial charge in [0.15, 0.2) is 0 Å². The van der Waals surface area contributed by atoms with E-state index >= 15 is 0 Å². The van der Waals surface area contributed by atoms with Gasteiger partial charge in [0, 0.05) is 11.6 Å². The van der Waals surface area contributed by atoms with E-state index < -0.39 is 5.97 Å². The lowest BCUT2D eigenvalue weighted by atomic mass is 10.1. The average Bonchev–Trinajstić information content (AvgIpc) is 2.43. The summed E-state index contributed by atoms with van der Waals surface area (Å²) in [5.74, 6) is -0.640. The number of aromatic carboxylic acids is 1. The maximum atomic E-state index is 11.2. The van der Waals surface area contributed by atoms with Crippen molar-refractivity contribution in [2.24, 2.45) is 0 Å². The molecule has 4 heteroatoms. The number of carbonyl (C=O) groups is 1. The minimum absolute atomic E-state index is 0.0947. The lowest BCUT2D eigenvalue weighted by Gasteiger charge is -2.11. The van der Waals surface area contributed by atoms with E-state index in [-0.39, 0.29) is 5.56 Å². The summed E-state index contributed by atoms with van der Waals surface area (Å²) in [5.41, 5.74) is 0.823. The van der Waals surface area contributed by atoms with Gasteiger partial charge in [-0.1, -0.05) is 18.2 Å². The van der Waals surface area contributed by atoms with Crippen molar-refractivity contribution in [1.29, 1.82) is 0 Å². The Morgan fingerprint density at radius 1 is 1.42 bits per heavy atom. The Bertz CT molecular complexity index is 607. The highest BCUT2D eigenvalue weighted by molar-refractivity contribution is 5.98. The summed E-state index contributed by atoms with van der Waals surface area (Å²) in [7, 11) is 0. The van der Waals surface area contributed by atoms with Crippen LogP contribution in [0.3, 0.4) is 0 Å². The molecule has 0 unspecified atom stereocenters.